The fraction of sp³-hybridized carbons (Fsp3) is 0.857. The van der Waals surface area contributed by atoms with E-state index in [0.717, 1.165) is 6.54 Å². The number of rotatable bonds is 2. The summed E-state index contributed by atoms with van der Waals surface area (Å²) in [6, 6.07) is 0. The van der Waals surface area contributed by atoms with E-state index in [4.69, 9.17) is 0 Å². The Morgan fingerprint density at radius 3 is 3.00 bits per heavy atom. The molecule has 1 rings (SSSR count). The molecule has 9 heavy (non-hydrogen) atoms. The van der Waals surface area contributed by atoms with Crippen molar-refractivity contribution < 1.29 is 0 Å². The van der Waals surface area contributed by atoms with Gasteiger partial charge in [-0.3, -0.25) is 4.90 Å². The molecule has 1 fully saturated rings. The highest BCUT2D eigenvalue weighted by Gasteiger charge is 2.20. The summed E-state index contributed by atoms with van der Waals surface area (Å²) in [5, 5.41) is 3.04. The Hall–Kier alpha value is -0.0800. The van der Waals surface area contributed by atoms with Crippen molar-refractivity contribution in [1.82, 2.24) is 10.2 Å². The van der Waals surface area contributed by atoms with Crippen LogP contribution in [0.5, 0.6) is 0 Å². The molecule has 0 bridgehead atoms. The zero-order valence-corrected chi connectivity index (χ0v) is 6.06. The Kier molecular flexibility index (Phi) is 2.49. The van der Waals surface area contributed by atoms with E-state index < -0.39 is 0 Å². The highest BCUT2D eigenvalue weighted by Crippen LogP contribution is 2.12. The van der Waals surface area contributed by atoms with Crippen LogP contribution >= 0.6 is 0 Å². The number of nitrogens with one attached hydrogen (secondary N) is 1. The zero-order valence-electron chi connectivity index (χ0n) is 6.06. The predicted octanol–water partition coefficient (Wildman–Crippen LogP) is 0.809. The molecule has 1 aliphatic rings. The van der Waals surface area contributed by atoms with Gasteiger partial charge in [-0.05, 0) is 25.9 Å². The number of hydrogen-bond donors (Lipinski definition) is 1. The molecule has 0 aliphatic carbocycles. The van der Waals surface area contributed by atoms with E-state index in [1.807, 2.05) is 0 Å². The third-order valence-corrected chi connectivity index (χ3v) is 2.01. The van der Waals surface area contributed by atoms with E-state index in [1.54, 1.807) is 0 Å². The average Bonchev–Trinajstić information content (AvgIpc) is 2.33. The maximum Gasteiger partial charge on any atom is 0.0597 e. The minimum atomic E-state index is 0.551. The molecule has 1 radical (unpaired) electrons. The van der Waals surface area contributed by atoms with Gasteiger partial charge in [-0.2, -0.15) is 0 Å². The van der Waals surface area contributed by atoms with Crippen LogP contribution in [0, 0.1) is 7.05 Å². The summed E-state index contributed by atoms with van der Waals surface area (Å²) in [6.07, 6.45) is 3.13. The van der Waals surface area contributed by atoms with Gasteiger partial charge in [0.05, 0.1) is 6.17 Å². The largest absolute Gasteiger partial charge is 0.300 e. The lowest BCUT2D eigenvalue weighted by atomic mass is 10.3. The lowest BCUT2D eigenvalue weighted by Gasteiger charge is -2.21. The summed E-state index contributed by atoms with van der Waals surface area (Å²) >= 11 is 0. The molecule has 0 aromatic rings. The smallest absolute Gasteiger partial charge is 0.0597 e. The molecule has 1 atom stereocenters. The molecule has 2 nitrogen and oxygen atoms in total. The third-order valence-electron chi connectivity index (χ3n) is 2.01. The fourth-order valence-electron chi connectivity index (χ4n) is 1.44. The molecule has 1 heterocycles. The van der Waals surface area contributed by atoms with Crippen LogP contribution in [0.2, 0.25) is 0 Å². The first-order chi connectivity index (χ1) is 4.38. The van der Waals surface area contributed by atoms with Crippen molar-refractivity contribution in [2.24, 2.45) is 0 Å². The Bertz CT molecular complexity index is 73.0. The van der Waals surface area contributed by atoms with Crippen LogP contribution in [0.3, 0.4) is 0 Å². The first kappa shape index (κ1) is 7.03. The van der Waals surface area contributed by atoms with Gasteiger partial charge in [0.2, 0.25) is 0 Å². The second-order valence-electron chi connectivity index (χ2n) is 2.49. The molecular weight excluding hydrogens is 112 g/mol. The monoisotopic (exact) mass is 127 g/mol. The van der Waals surface area contributed by atoms with Crippen LogP contribution < -0.4 is 5.32 Å². The molecule has 0 spiro atoms. The molecule has 1 saturated heterocycles. The molecule has 0 aromatic carbocycles. The second-order valence-corrected chi connectivity index (χ2v) is 2.49. The molecular formula is C7H15N2. The van der Waals surface area contributed by atoms with Gasteiger partial charge in [-0.1, -0.05) is 6.92 Å². The summed E-state index contributed by atoms with van der Waals surface area (Å²) in [4.78, 5) is 2.41. The van der Waals surface area contributed by atoms with Crippen LogP contribution in [0.4, 0.5) is 0 Å². The fourth-order valence-corrected chi connectivity index (χ4v) is 1.44. The molecule has 0 aromatic heterocycles. The number of likely N-dealkylation sites (tertiary alicyclic amines) is 1. The van der Waals surface area contributed by atoms with E-state index in [-0.39, 0.29) is 0 Å². The highest BCUT2D eigenvalue weighted by atomic mass is 15.3. The number of nitrogens with zero attached hydrogens (tertiary/aromatic N) is 1. The first-order valence-electron chi connectivity index (χ1n) is 3.65. The summed E-state index contributed by atoms with van der Waals surface area (Å²) in [6.45, 7) is 4.58. The van der Waals surface area contributed by atoms with Crippen LogP contribution in [0.15, 0.2) is 0 Å². The van der Waals surface area contributed by atoms with Gasteiger partial charge in [0.1, 0.15) is 0 Å². The Morgan fingerprint density at radius 2 is 2.56 bits per heavy atom. The average molecular weight is 127 g/mol. The summed E-state index contributed by atoms with van der Waals surface area (Å²) in [7, 11) is 3.67. The van der Waals surface area contributed by atoms with Crippen molar-refractivity contribution in [3.63, 3.8) is 0 Å². The van der Waals surface area contributed by atoms with Gasteiger partial charge in [-0.25, -0.2) is 0 Å². The maximum absolute atomic E-state index is 3.67. The molecule has 0 unspecified atom stereocenters. The van der Waals surface area contributed by atoms with E-state index in [0.29, 0.717) is 6.17 Å². The maximum atomic E-state index is 3.67. The molecule has 1 N–H and O–H groups in total. The van der Waals surface area contributed by atoms with Crippen LogP contribution in [-0.4, -0.2) is 24.2 Å². The van der Waals surface area contributed by atoms with Crippen molar-refractivity contribution in [3.8, 4) is 0 Å². The molecule has 0 saturated carbocycles. The van der Waals surface area contributed by atoms with Gasteiger partial charge < -0.3 is 5.32 Å². The number of hydrogen-bond acceptors (Lipinski definition) is 2. The normalized spacial score (nSPS) is 29.3. The van der Waals surface area contributed by atoms with Crippen molar-refractivity contribution in [2.75, 3.05) is 13.1 Å². The van der Waals surface area contributed by atoms with E-state index in [9.17, 15) is 0 Å². The van der Waals surface area contributed by atoms with E-state index in [1.165, 1.54) is 19.4 Å². The minimum absolute atomic E-state index is 0.551. The predicted molar refractivity (Wildman–Crippen MR) is 38.8 cm³/mol. The van der Waals surface area contributed by atoms with Gasteiger partial charge in [0.15, 0.2) is 0 Å². The Morgan fingerprint density at radius 1 is 1.78 bits per heavy atom. The Labute approximate surface area is 57.2 Å². The van der Waals surface area contributed by atoms with Crippen LogP contribution in [-0.2, 0) is 0 Å². The van der Waals surface area contributed by atoms with Gasteiger partial charge in [0.25, 0.3) is 0 Å². The van der Waals surface area contributed by atoms with Crippen molar-refractivity contribution >= 4 is 0 Å². The van der Waals surface area contributed by atoms with Crippen LogP contribution in [0.25, 0.3) is 0 Å². The first-order valence-corrected chi connectivity index (χ1v) is 3.65. The second kappa shape index (κ2) is 3.18. The van der Waals surface area contributed by atoms with Crippen molar-refractivity contribution in [1.29, 1.82) is 0 Å². The molecule has 53 valence electrons. The third kappa shape index (κ3) is 1.43. The zero-order chi connectivity index (χ0) is 6.69. The Balaban J connectivity index is 2.32. The summed E-state index contributed by atoms with van der Waals surface area (Å²) in [5.74, 6) is 0. The highest BCUT2D eigenvalue weighted by molar-refractivity contribution is 4.75. The molecule has 0 amide bonds. The molecule has 2 heteroatoms. The SMILES string of the molecule is [CH2]N[C@H]1CCCN1CC. The summed E-state index contributed by atoms with van der Waals surface area (Å²) in [5.41, 5.74) is 0. The summed E-state index contributed by atoms with van der Waals surface area (Å²) < 4.78 is 0. The topological polar surface area (TPSA) is 15.3 Å². The van der Waals surface area contributed by atoms with Crippen molar-refractivity contribution in [2.45, 2.75) is 25.9 Å². The van der Waals surface area contributed by atoms with Gasteiger partial charge >= 0.3 is 0 Å². The lowest BCUT2D eigenvalue weighted by Crippen LogP contribution is -2.37. The molecule has 1 aliphatic heterocycles. The lowest BCUT2D eigenvalue weighted by molar-refractivity contribution is 0.246. The van der Waals surface area contributed by atoms with Gasteiger partial charge in [-0.15, -0.1) is 0 Å². The standard InChI is InChI=1S/C7H15N2/c1-3-9-6-4-5-7(9)8-2/h7-8H,2-6H2,1H3/t7-/m1/s1. The van der Waals surface area contributed by atoms with Crippen molar-refractivity contribution in [3.05, 3.63) is 7.05 Å². The van der Waals surface area contributed by atoms with Crippen LogP contribution in [0.1, 0.15) is 19.8 Å². The van der Waals surface area contributed by atoms with E-state index in [2.05, 4.69) is 24.2 Å². The quantitative estimate of drug-likeness (QED) is 0.590. The van der Waals surface area contributed by atoms with E-state index >= 15 is 0 Å². The van der Waals surface area contributed by atoms with Gasteiger partial charge in [0, 0.05) is 7.05 Å². The minimum Gasteiger partial charge on any atom is -0.300 e.